The summed E-state index contributed by atoms with van der Waals surface area (Å²) in [6, 6.07) is 9.49. The Kier molecular flexibility index (Phi) is 2.23. The number of hydrogen-bond acceptors (Lipinski definition) is 4. The SMILES string of the molecule is Cc1ccc(-c2cnc3c(c2)C(=O)OC3=O)cc1. The number of hydrogen-bond donors (Lipinski definition) is 0. The number of carbonyl (C=O) groups is 2. The smallest absolute Gasteiger partial charge is 0.365 e. The van der Waals surface area contributed by atoms with Gasteiger partial charge in [0.25, 0.3) is 0 Å². The Morgan fingerprint density at radius 3 is 2.44 bits per heavy atom. The molecular formula is C14H9NO3. The van der Waals surface area contributed by atoms with Gasteiger partial charge in [0.15, 0.2) is 5.69 Å². The maximum atomic E-state index is 11.4. The van der Waals surface area contributed by atoms with Crippen molar-refractivity contribution >= 4 is 11.9 Å². The highest BCUT2D eigenvalue weighted by atomic mass is 16.6. The number of pyridine rings is 1. The number of fused-ring (bicyclic) bond motifs is 1. The second-order valence-corrected chi connectivity index (χ2v) is 4.16. The second kappa shape index (κ2) is 3.77. The van der Waals surface area contributed by atoms with Gasteiger partial charge in [0.2, 0.25) is 0 Å². The fourth-order valence-electron chi connectivity index (χ4n) is 1.87. The van der Waals surface area contributed by atoms with Crippen molar-refractivity contribution in [2.45, 2.75) is 6.92 Å². The summed E-state index contributed by atoms with van der Waals surface area (Å²) < 4.78 is 4.50. The van der Waals surface area contributed by atoms with Crippen LogP contribution in [0.5, 0.6) is 0 Å². The van der Waals surface area contributed by atoms with E-state index in [0.29, 0.717) is 0 Å². The van der Waals surface area contributed by atoms with E-state index in [1.54, 1.807) is 12.3 Å². The number of benzene rings is 1. The predicted octanol–water partition coefficient (Wildman–Crippen LogP) is 2.37. The molecule has 4 nitrogen and oxygen atoms in total. The Balaban J connectivity index is 2.11. The first kappa shape index (κ1) is 10.7. The van der Waals surface area contributed by atoms with E-state index in [1.807, 2.05) is 31.2 Å². The number of nitrogens with zero attached hydrogens (tertiary/aromatic N) is 1. The summed E-state index contributed by atoms with van der Waals surface area (Å²) in [5.41, 5.74) is 3.22. The van der Waals surface area contributed by atoms with Crippen molar-refractivity contribution in [2.24, 2.45) is 0 Å². The van der Waals surface area contributed by atoms with Gasteiger partial charge < -0.3 is 4.74 Å². The zero-order valence-electron chi connectivity index (χ0n) is 9.64. The first-order valence-electron chi connectivity index (χ1n) is 5.49. The molecule has 1 aromatic heterocycles. The molecule has 0 N–H and O–H groups in total. The zero-order valence-corrected chi connectivity index (χ0v) is 9.64. The molecule has 0 fully saturated rings. The molecule has 0 bridgehead atoms. The van der Waals surface area contributed by atoms with Crippen molar-refractivity contribution in [3.8, 4) is 11.1 Å². The van der Waals surface area contributed by atoms with Gasteiger partial charge in [-0.3, -0.25) is 0 Å². The maximum Gasteiger partial charge on any atom is 0.365 e. The summed E-state index contributed by atoms with van der Waals surface area (Å²) in [5, 5.41) is 0. The van der Waals surface area contributed by atoms with Crippen LogP contribution in [0, 0.1) is 6.92 Å². The van der Waals surface area contributed by atoms with E-state index < -0.39 is 11.9 Å². The minimum absolute atomic E-state index is 0.0934. The lowest BCUT2D eigenvalue weighted by molar-refractivity contribution is 0.0441. The van der Waals surface area contributed by atoms with E-state index in [4.69, 9.17) is 0 Å². The van der Waals surface area contributed by atoms with E-state index in [0.717, 1.165) is 16.7 Å². The molecule has 4 heteroatoms. The Labute approximate surface area is 103 Å². The van der Waals surface area contributed by atoms with Crippen molar-refractivity contribution in [1.82, 2.24) is 4.98 Å². The Bertz CT molecular complexity index is 659. The molecule has 3 rings (SSSR count). The highest BCUT2D eigenvalue weighted by molar-refractivity contribution is 6.14. The predicted molar refractivity (Wildman–Crippen MR) is 64.2 cm³/mol. The van der Waals surface area contributed by atoms with Crippen LogP contribution in [0.4, 0.5) is 0 Å². The third-order valence-corrected chi connectivity index (χ3v) is 2.87. The Hall–Kier alpha value is -2.49. The maximum absolute atomic E-state index is 11.4. The normalized spacial score (nSPS) is 13.4. The molecule has 0 saturated carbocycles. The van der Waals surface area contributed by atoms with Gasteiger partial charge in [-0.05, 0) is 18.6 Å². The molecule has 1 aliphatic heterocycles. The zero-order chi connectivity index (χ0) is 12.7. The number of cyclic esters (lactones) is 2. The minimum Gasteiger partial charge on any atom is -0.384 e. The Morgan fingerprint density at radius 1 is 1.00 bits per heavy atom. The lowest BCUT2D eigenvalue weighted by Crippen LogP contribution is -1.97. The molecule has 1 aliphatic rings. The molecule has 88 valence electrons. The fourth-order valence-corrected chi connectivity index (χ4v) is 1.87. The van der Waals surface area contributed by atoms with Crippen LogP contribution in [0.1, 0.15) is 26.4 Å². The largest absolute Gasteiger partial charge is 0.384 e. The molecule has 0 unspecified atom stereocenters. The molecule has 0 aliphatic carbocycles. The molecule has 0 amide bonds. The number of esters is 2. The van der Waals surface area contributed by atoms with Gasteiger partial charge in [0, 0.05) is 11.8 Å². The van der Waals surface area contributed by atoms with Crippen LogP contribution in [-0.2, 0) is 4.74 Å². The highest BCUT2D eigenvalue weighted by Gasteiger charge is 2.31. The van der Waals surface area contributed by atoms with Crippen LogP contribution in [0.2, 0.25) is 0 Å². The van der Waals surface area contributed by atoms with E-state index in [1.165, 1.54) is 0 Å². The molecule has 2 heterocycles. The number of aromatic nitrogens is 1. The van der Waals surface area contributed by atoms with Gasteiger partial charge in [-0.1, -0.05) is 29.8 Å². The van der Waals surface area contributed by atoms with Gasteiger partial charge in [-0.25, -0.2) is 14.6 Å². The van der Waals surface area contributed by atoms with Crippen LogP contribution in [-0.4, -0.2) is 16.9 Å². The monoisotopic (exact) mass is 239 g/mol. The quantitative estimate of drug-likeness (QED) is 0.566. The lowest BCUT2D eigenvalue weighted by atomic mass is 10.0. The summed E-state index contributed by atoms with van der Waals surface area (Å²) in [4.78, 5) is 26.7. The number of carbonyl (C=O) groups excluding carboxylic acids is 2. The molecular weight excluding hydrogens is 230 g/mol. The van der Waals surface area contributed by atoms with Crippen molar-refractivity contribution < 1.29 is 14.3 Å². The summed E-state index contributed by atoms with van der Waals surface area (Å²) in [7, 11) is 0. The summed E-state index contributed by atoms with van der Waals surface area (Å²) in [6.07, 6.45) is 1.57. The molecule has 0 saturated heterocycles. The first-order chi connectivity index (χ1) is 8.65. The van der Waals surface area contributed by atoms with Crippen LogP contribution in [0.25, 0.3) is 11.1 Å². The number of aryl methyl sites for hydroxylation is 1. The van der Waals surface area contributed by atoms with Gasteiger partial charge in [-0.15, -0.1) is 0 Å². The van der Waals surface area contributed by atoms with Gasteiger partial charge in [0.1, 0.15) is 0 Å². The van der Waals surface area contributed by atoms with E-state index in [9.17, 15) is 9.59 Å². The molecule has 0 spiro atoms. The lowest BCUT2D eigenvalue weighted by Gasteiger charge is -2.02. The third kappa shape index (κ3) is 1.59. The third-order valence-electron chi connectivity index (χ3n) is 2.87. The molecule has 2 aromatic rings. The average Bonchev–Trinajstić information content (AvgIpc) is 2.66. The van der Waals surface area contributed by atoms with E-state index in [2.05, 4.69) is 9.72 Å². The van der Waals surface area contributed by atoms with E-state index in [-0.39, 0.29) is 11.3 Å². The minimum atomic E-state index is -0.676. The van der Waals surface area contributed by atoms with Gasteiger partial charge in [-0.2, -0.15) is 0 Å². The van der Waals surface area contributed by atoms with Crippen LogP contribution < -0.4 is 0 Å². The fraction of sp³-hybridized carbons (Fsp3) is 0.0714. The standard InChI is InChI=1S/C14H9NO3/c1-8-2-4-9(5-3-8)10-6-11-12(15-7-10)14(17)18-13(11)16/h2-7H,1H3. The van der Waals surface area contributed by atoms with Gasteiger partial charge >= 0.3 is 11.9 Å². The second-order valence-electron chi connectivity index (χ2n) is 4.16. The van der Waals surface area contributed by atoms with E-state index >= 15 is 0 Å². The summed E-state index contributed by atoms with van der Waals surface area (Å²) >= 11 is 0. The van der Waals surface area contributed by atoms with Crippen molar-refractivity contribution in [2.75, 3.05) is 0 Å². The topological polar surface area (TPSA) is 56.3 Å². The van der Waals surface area contributed by atoms with Crippen molar-refractivity contribution in [3.63, 3.8) is 0 Å². The highest BCUT2D eigenvalue weighted by Crippen LogP contribution is 2.25. The summed E-state index contributed by atoms with van der Waals surface area (Å²) in [6.45, 7) is 2.00. The molecule has 0 atom stereocenters. The molecule has 0 radical (unpaired) electrons. The van der Waals surface area contributed by atoms with Crippen LogP contribution in [0.15, 0.2) is 36.5 Å². The van der Waals surface area contributed by atoms with Crippen molar-refractivity contribution in [3.05, 3.63) is 53.3 Å². The van der Waals surface area contributed by atoms with Crippen LogP contribution >= 0.6 is 0 Å². The molecule has 18 heavy (non-hydrogen) atoms. The first-order valence-corrected chi connectivity index (χ1v) is 5.49. The average molecular weight is 239 g/mol. The Morgan fingerprint density at radius 2 is 1.72 bits per heavy atom. The van der Waals surface area contributed by atoms with Gasteiger partial charge in [0.05, 0.1) is 5.56 Å². The van der Waals surface area contributed by atoms with Crippen molar-refractivity contribution in [1.29, 1.82) is 0 Å². The molecule has 1 aromatic carbocycles. The summed E-state index contributed by atoms with van der Waals surface area (Å²) in [5.74, 6) is -1.30. The van der Waals surface area contributed by atoms with Crippen LogP contribution in [0.3, 0.4) is 0 Å². The number of rotatable bonds is 1. The number of ether oxygens (including phenoxy) is 1.